The Morgan fingerprint density at radius 2 is 2.19 bits per heavy atom. The van der Waals surface area contributed by atoms with Crippen LogP contribution in [-0.4, -0.2) is 50.0 Å². The van der Waals surface area contributed by atoms with E-state index in [1.807, 2.05) is 24.3 Å². The van der Waals surface area contributed by atoms with Crippen molar-refractivity contribution < 1.29 is 14.3 Å². The van der Waals surface area contributed by atoms with Gasteiger partial charge >= 0.3 is 11.8 Å². The van der Waals surface area contributed by atoms with Crippen LogP contribution >= 0.6 is 0 Å². The first-order valence-electron chi connectivity index (χ1n) is 7.11. The molecule has 1 aromatic rings. The number of hydrogen-bond donors (Lipinski definition) is 2. The molecule has 6 heteroatoms. The lowest BCUT2D eigenvalue weighted by Crippen LogP contribution is -2.44. The zero-order chi connectivity index (χ0) is 15.1. The van der Waals surface area contributed by atoms with Gasteiger partial charge in [0.2, 0.25) is 0 Å². The zero-order valence-electron chi connectivity index (χ0n) is 12.2. The number of benzene rings is 1. The van der Waals surface area contributed by atoms with Crippen LogP contribution in [0.2, 0.25) is 0 Å². The maximum atomic E-state index is 12.1. The van der Waals surface area contributed by atoms with E-state index in [1.54, 1.807) is 12.0 Å². The Bertz CT molecular complexity index is 497. The molecule has 0 atom stereocenters. The number of carbonyl (C=O) groups excluding carboxylic acids is 2. The molecule has 1 fully saturated rings. The second-order valence-corrected chi connectivity index (χ2v) is 4.93. The molecule has 1 aromatic carbocycles. The number of nitrogens with zero attached hydrogens (tertiary/aromatic N) is 1. The van der Waals surface area contributed by atoms with Crippen LogP contribution in [0.3, 0.4) is 0 Å². The lowest BCUT2D eigenvalue weighted by atomic mass is 10.2. The number of ether oxygens (including phenoxy) is 1. The predicted molar refractivity (Wildman–Crippen MR) is 78.9 cm³/mol. The topological polar surface area (TPSA) is 70.7 Å². The number of carbonyl (C=O) groups is 2. The van der Waals surface area contributed by atoms with Crippen LogP contribution in [0.4, 0.5) is 0 Å². The van der Waals surface area contributed by atoms with Crippen molar-refractivity contribution in [1.82, 2.24) is 15.5 Å². The van der Waals surface area contributed by atoms with Crippen molar-refractivity contribution in [3.63, 3.8) is 0 Å². The summed E-state index contributed by atoms with van der Waals surface area (Å²) < 4.78 is 5.12. The Hall–Kier alpha value is -2.08. The summed E-state index contributed by atoms with van der Waals surface area (Å²) in [6.07, 6.45) is 0.870. The SMILES string of the molecule is COc1cccc(CNC(=O)C(=O)N2CCCNCC2)c1. The summed E-state index contributed by atoms with van der Waals surface area (Å²) in [7, 11) is 1.59. The molecule has 6 nitrogen and oxygen atoms in total. The average Bonchev–Trinajstić information content (AvgIpc) is 2.81. The van der Waals surface area contributed by atoms with E-state index >= 15 is 0 Å². The van der Waals surface area contributed by atoms with Crippen LogP contribution in [0, 0.1) is 0 Å². The molecule has 1 saturated heterocycles. The van der Waals surface area contributed by atoms with Crippen molar-refractivity contribution in [2.24, 2.45) is 0 Å². The first kappa shape index (κ1) is 15.3. The van der Waals surface area contributed by atoms with E-state index in [1.165, 1.54) is 0 Å². The van der Waals surface area contributed by atoms with Crippen LogP contribution in [0.5, 0.6) is 5.75 Å². The average molecular weight is 291 g/mol. The molecule has 0 radical (unpaired) electrons. The summed E-state index contributed by atoms with van der Waals surface area (Å²) in [5.74, 6) is -0.284. The van der Waals surface area contributed by atoms with Crippen LogP contribution in [0.15, 0.2) is 24.3 Å². The van der Waals surface area contributed by atoms with E-state index in [4.69, 9.17) is 4.74 Å². The highest BCUT2D eigenvalue weighted by Gasteiger charge is 2.22. The second-order valence-electron chi connectivity index (χ2n) is 4.93. The normalized spacial score (nSPS) is 15.2. The number of methoxy groups -OCH3 is 1. The highest BCUT2D eigenvalue weighted by molar-refractivity contribution is 6.34. The van der Waals surface area contributed by atoms with E-state index in [9.17, 15) is 9.59 Å². The summed E-state index contributed by atoms with van der Waals surface area (Å²) in [4.78, 5) is 25.6. The Morgan fingerprint density at radius 3 is 3.00 bits per heavy atom. The van der Waals surface area contributed by atoms with Gasteiger partial charge in [0, 0.05) is 26.2 Å². The smallest absolute Gasteiger partial charge is 0.311 e. The van der Waals surface area contributed by atoms with Gasteiger partial charge in [-0.1, -0.05) is 12.1 Å². The molecule has 0 saturated carbocycles. The maximum Gasteiger partial charge on any atom is 0.311 e. The van der Waals surface area contributed by atoms with E-state index in [-0.39, 0.29) is 0 Å². The van der Waals surface area contributed by atoms with Crippen LogP contribution in [0.1, 0.15) is 12.0 Å². The monoisotopic (exact) mass is 291 g/mol. The van der Waals surface area contributed by atoms with Crippen LogP contribution in [-0.2, 0) is 16.1 Å². The molecule has 0 aromatic heterocycles. The molecule has 2 amide bonds. The molecule has 1 heterocycles. The van der Waals surface area contributed by atoms with Crippen molar-refractivity contribution in [2.45, 2.75) is 13.0 Å². The lowest BCUT2D eigenvalue weighted by Gasteiger charge is -2.19. The summed E-state index contributed by atoms with van der Waals surface area (Å²) in [6.45, 7) is 3.13. The summed E-state index contributed by atoms with van der Waals surface area (Å²) in [5, 5.41) is 5.86. The quantitative estimate of drug-likeness (QED) is 0.777. The number of rotatable bonds is 3. The van der Waals surface area contributed by atoms with Crippen LogP contribution < -0.4 is 15.4 Å². The van der Waals surface area contributed by atoms with Gasteiger partial charge in [-0.05, 0) is 30.7 Å². The molecule has 0 aliphatic carbocycles. The fourth-order valence-electron chi connectivity index (χ4n) is 2.23. The Labute approximate surface area is 124 Å². The summed E-state index contributed by atoms with van der Waals surface area (Å²) in [5.41, 5.74) is 0.896. The van der Waals surface area contributed by atoms with Gasteiger partial charge in [-0.3, -0.25) is 9.59 Å². The molecule has 114 valence electrons. The largest absolute Gasteiger partial charge is 0.497 e. The van der Waals surface area contributed by atoms with E-state index < -0.39 is 11.8 Å². The van der Waals surface area contributed by atoms with Gasteiger partial charge in [0.25, 0.3) is 0 Å². The highest BCUT2D eigenvalue weighted by atomic mass is 16.5. The Kier molecular flexibility index (Phi) is 5.57. The molecule has 2 rings (SSSR count). The minimum absolute atomic E-state index is 0.313. The second kappa shape index (κ2) is 7.64. The highest BCUT2D eigenvalue weighted by Crippen LogP contribution is 2.12. The fraction of sp³-hybridized carbons (Fsp3) is 0.467. The number of nitrogens with one attached hydrogen (secondary N) is 2. The van der Waals surface area contributed by atoms with E-state index in [2.05, 4.69) is 10.6 Å². The molecule has 1 aliphatic rings. The Balaban J connectivity index is 1.86. The predicted octanol–water partition coefficient (Wildman–Crippen LogP) is 0.133. The van der Waals surface area contributed by atoms with Gasteiger partial charge in [-0.2, -0.15) is 0 Å². The van der Waals surface area contributed by atoms with Gasteiger partial charge in [-0.25, -0.2) is 0 Å². The van der Waals surface area contributed by atoms with Gasteiger partial charge in [-0.15, -0.1) is 0 Å². The fourth-order valence-corrected chi connectivity index (χ4v) is 2.23. The van der Waals surface area contributed by atoms with Crippen molar-refractivity contribution in [3.8, 4) is 5.75 Å². The van der Waals surface area contributed by atoms with Crippen LogP contribution in [0.25, 0.3) is 0 Å². The third-order valence-electron chi connectivity index (χ3n) is 3.41. The Morgan fingerprint density at radius 1 is 1.33 bits per heavy atom. The van der Waals surface area contributed by atoms with E-state index in [0.29, 0.717) is 19.6 Å². The molecular weight excluding hydrogens is 270 g/mol. The molecule has 2 N–H and O–H groups in total. The third-order valence-corrected chi connectivity index (χ3v) is 3.41. The summed E-state index contributed by atoms with van der Waals surface area (Å²) >= 11 is 0. The van der Waals surface area contributed by atoms with Crippen molar-refractivity contribution in [2.75, 3.05) is 33.3 Å². The first-order chi connectivity index (χ1) is 10.2. The van der Waals surface area contributed by atoms with E-state index in [0.717, 1.165) is 30.8 Å². The number of hydrogen-bond acceptors (Lipinski definition) is 4. The van der Waals surface area contributed by atoms with Crippen molar-refractivity contribution in [1.29, 1.82) is 0 Å². The molecule has 0 spiro atoms. The van der Waals surface area contributed by atoms with Crippen molar-refractivity contribution >= 4 is 11.8 Å². The maximum absolute atomic E-state index is 12.1. The van der Waals surface area contributed by atoms with Gasteiger partial charge in [0.15, 0.2) is 0 Å². The summed E-state index contributed by atoms with van der Waals surface area (Å²) in [6, 6.07) is 7.40. The van der Waals surface area contributed by atoms with Gasteiger partial charge in [0.1, 0.15) is 5.75 Å². The van der Waals surface area contributed by atoms with Gasteiger partial charge < -0.3 is 20.3 Å². The lowest BCUT2D eigenvalue weighted by molar-refractivity contribution is -0.145. The molecule has 21 heavy (non-hydrogen) atoms. The third kappa shape index (κ3) is 4.46. The molecule has 0 unspecified atom stereocenters. The molecular formula is C15H21N3O3. The molecule has 1 aliphatic heterocycles. The van der Waals surface area contributed by atoms with Crippen molar-refractivity contribution in [3.05, 3.63) is 29.8 Å². The number of amides is 2. The standard InChI is InChI=1S/C15H21N3O3/c1-21-13-5-2-4-12(10-13)11-17-14(19)15(20)18-8-3-6-16-7-9-18/h2,4-5,10,16H,3,6-9,11H2,1H3,(H,17,19). The minimum Gasteiger partial charge on any atom is -0.497 e. The minimum atomic E-state index is -0.556. The zero-order valence-corrected chi connectivity index (χ0v) is 12.2. The first-order valence-corrected chi connectivity index (χ1v) is 7.11. The van der Waals surface area contributed by atoms with Gasteiger partial charge in [0.05, 0.1) is 7.11 Å². The molecule has 0 bridgehead atoms.